The van der Waals surface area contributed by atoms with Crippen molar-refractivity contribution >= 4 is 11.6 Å². The van der Waals surface area contributed by atoms with Gasteiger partial charge < -0.3 is 10.1 Å². The van der Waals surface area contributed by atoms with Crippen molar-refractivity contribution < 1.29 is 9.53 Å². The van der Waals surface area contributed by atoms with E-state index < -0.39 is 0 Å². The first kappa shape index (κ1) is 13.7. The quantitative estimate of drug-likeness (QED) is 0.936. The van der Waals surface area contributed by atoms with Gasteiger partial charge in [0.15, 0.2) is 0 Å². The lowest BCUT2D eigenvalue weighted by Gasteiger charge is -2.24. The number of amides is 1. The van der Waals surface area contributed by atoms with Crippen LogP contribution < -0.4 is 10.1 Å². The Bertz CT molecular complexity index is 651. The van der Waals surface area contributed by atoms with Crippen LogP contribution in [0.15, 0.2) is 48.5 Å². The largest absolute Gasteiger partial charge is 0.492 e. The predicted molar refractivity (Wildman–Crippen MR) is 83.6 cm³/mol. The van der Waals surface area contributed by atoms with E-state index in [0.29, 0.717) is 6.61 Å². The number of hydrogen-bond donors (Lipinski definition) is 1. The summed E-state index contributed by atoms with van der Waals surface area (Å²) >= 11 is 0. The second kappa shape index (κ2) is 6.00. The molecule has 0 aromatic heterocycles. The number of rotatable bonds is 3. The normalized spacial score (nSPS) is 16.7. The summed E-state index contributed by atoms with van der Waals surface area (Å²) in [5.74, 6) is 0.797. The van der Waals surface area contributed by atoms with E-state index in [1.165, 1.54) is 0 Å². The highest BCUT2D eigenvalue weighted by Crippen LogP contribution is 2.27. The lowest BCUT2D eigenvalue weighted by Crippen LogP contribution is -2.32. The Labute approximate surface area is 124 Å². The molecule has 3 rings (SSSR count). The summed E-state index contributed by atoms with van der Waals surface area (Å²) in [6.45, 7) is 2.53. The van der Waals surface area contributed by atoms with Gasteiger partial charge in [-0.3, -0.25) is 4.79 Å². The highest BCUT2D eigenvalue weighted by atomic mass is 16.5. The molecule has 0 aliphatic carbocycles. The van der Waals surface area contributed by atoms with Crippen LogP contribution in [0.25, 0.3) is 0 Å². The summed E-state index contributed by atoms with van der Waals surface area (Å²) in [7, 11) is 0. The van der Waals surface area contributed by atoms with Gasteiger partial charge in [0, 0.05) is 5.69 Å². The molecule has 0 spiro atoms. The first-order valence-corrected chi connectivity index (χ1v) is 7.37. The molecule has 0 radical (unpaired) electrons. The van der Waals surface area contributed by atoms with Gasteiger partial charge in [-0.15, -0.1) is 0 Å². The number of para-hydroxylation sites is 2. The summed E-state index contributed by atoms with van der Waals surface area (Å²) in [5.41, 5.74) is 3.17. The molecule has 1 N–H and O–H groups in total. The van der Waals surface area contributed by atoms with E-state index in [9.17, 15) is 4.79 Å². The summed E-state index contributed by atoms with van der Waals surface area (Å²) in [6.07, 6.45) is 1.64. The number of benzene rings is 2. The minimum Gasteiger partial charge on any atom is -0.492 e. The molecule has 0 saturated heterocycles. The van der Waals surface area contributed by atoms with Crippen molar-refractivity contribution in [3.05, 3.63) is 59.7 Å². The number of carbonyl (C=O) groups is 1. The Morgan fingerprint density at radius 3 is 2.81 bits per heavy atom. The average Bonchev–Trinajstić information content (AvgIpc) is 2.55. The van der Waals surface area contributed by atoms with Crippen molar-refractivity contribution in [2.24, 2.45) is 5.92 Å². The summed E-state index contributed by atoms with van der Waals surface area (Å²) in [4.78, 5) is 12.5. The highest BCUT2D eigenvalue weighted by molar-refractivity contribution is 5.93. The van der Waals surface area contributed by atoms with Gasteiger partial charge >= 0.3 is 0 Å². The zero-order chi connectivity index (χ0) is 14.7. The molecule has 1 heterocycles. The van der Waals surface area contributed by atoms with Gasteiger partial charge in [0.1, 0.15) is 12.4 Å². The minimum atomic E-state index is -0.134. The van der Waals surface area contributed by atoms with Crippen LogP contribution in [0.3, 0.4) is 0 Å². The maximum Gasteiger partial charge on any atom is 0.231 e. The fourth-order valence-corrected chi connectivity index (χ4v) is 2.68. The van der Waals surface area contributed by atoms with Crippen molar-refractivity contribution in [2.45, 2.75) is 19.8 Å². The van der Waals surface area contributed by atoms with Gasteiger partial charge in [-0.05, 0) is 36.1 Å². The molecule has 108 valence electrons. The van der Waals surface area contributed by atoms with Crippen LogP contribution in [0.1, 0.15) is 18.1 Å². The smallest absolute Gasteiger partial charge is 0.231 e. The molecule has 21 heavy (non-hydrogen) atoms. The molecule has 0 bridgehead atoms. The first-order valence-electron chi connectivity index (χ1n) is 7.37. The van der Waals surface area contributed by atoms with Crippen molar-refractivity contribution in [1.82, 2.24) is 0 Å². The van der Waals surface area contributed by atoms with Crippen molar-refractivity contribution in [1.29, 1.82) is 0 Å². The van der Waals surface area contributed by atoms with Gasteiger partial charge in [0.25, 0.3) is 0 Å². The van der Waals surface area contributed by atoms with Crippen LogP contribution in [-0.4, -0.2) is 12.5 Å². The molecular formula is C18H19NO2. The van der Waals surface area contributed by atoms with E-state index in [-0.39, 0.29) is 11.8 Å². The van der Waals surface area contributed by atoms with Crippen LogP contribution in [0.4, 0.5) is 5.69 Å². The van der Waals surface area contributed by atoms with E-state index >= 15 is 0 Å². The maximum atomic E-state index is 12.5. The van der Waals surface area contributed by atoms with Crippen LogP contribution in [0.2, 0.25) is 0 Å². The number of fused-ring (bicyclic) bond motifs is 1. The Hall–Kier alpha value is -2.29. The lowest BCUT2D eigenvalue weighted by atomic mass is 9.96. The fourth-order valence-electron chi connectivity index (χ4n) is 2.68. The topological polar surface area (TPSA) is 38.3 Å². The van der Waals surface area contributed by atoms with Gasteiger partial charge in [-0.1, -0.05) is 43.3 Å². The molecule has 0 saturated carbocycles. The molecule has 0 fully saturated rings. The average molecular weight is 281 g/mol. The molecule has 2 aromatic carbocycles. The van der Waals surface area contributed by atoms with E-state index in [0.717, 1.165) is 35.4 Å². The number of ether oxygens (including phenoxy) is 1. The molecule has 3 heteroatoms. The van der Waals surface area contributed by atoms with Gasteiger partial charge in [0.05, 0.1) is 5.92 Å². The van der Waals surface area contributed by atoms with Crippen LogP contribution in [0, 0.1) is 5.92 Å². The van der Waals surface area contributed by atoms with E-state index in [1.807, 2.05) is 48.5 Å². The Balaban J connectivity index is 1.72. The Morgan fingerprint density at radius 1 is 1.19 bits per heavy atom. The van der Waals surface area contributed by atoms with E-state index in [2.05, 4.69) is 12.2 Å². The summed E-state index contributed by atoms with van der Waals surface area (Å²) in [5, 5.41) is 3.04. The first-order chi connectivity index (χ1) is 10.3. The monoisotopic (exact) mass is 281 g/mol. The number of hydrogen-bond acceptors (Lipinski definition) is 2. The standard InChI is InChI=1S/C18H19NO2/c1-2-13-7-3-5-9-16(13)19-18(20)15-11-14-8-4-6-10-17(14)21-12-15/h3-10,15H,2,11-12H2,1H3,(H,19,20)/t15-/m0/s1. The van der Waals surface area contributed by atoms with Crippen molar-refractivity contribution in [2.75, 3.05) is 11.9 Å². The van der Waals surface area contributed by atoms with Gasteiger partial charge in [-0.2, -0.15) is 0 Å². The number of anilines is 1. The molecule has 1 aliphatic rings. The SMILES string of the molecule is CCc1ccccc1NC(=O)[C@@H]1COc2ccccc2C1. The maximum absolute atomic E-state index is 12.5. The van der Waals surface area contributed by atoms with Crippen LogP contribution >= 0.6 is 0 Å². The fraction of sp³-hybridized carbons (Fsp3) is 0.278. The van der Waals surface area contributed by atoms with Crippen LogP contribution in [0.5, 0.6) is 5.75 Å². The van der Waals surface area contributed by atoms with Crippen molar-refractivity contribution in [3.63, 3.8) is 0 Å². The highest BCUT2D eigenvalue weighted by Gasteiger charge is 2.26. The van der Waals surface area contributed by atoms with Gasteiger partial charge in [-0.25, -0.2) is 0 Å². The van der Waals surface area contributed by atoms with Crippen molar-refractivity contribution in [3.8, 4) is 5.75 Å². The number of nitrogens with one attached hydrogen (secondary N) is 1. The third-order valence-electron chi connectivity index (χ3n) is 3.91. The predicted octanol–water partition coefficient (Wildman–Crippen LogP) is 3.44. The molecule has 1 atom stereocenters. The van der Waals surface area contributed by atoms with Gasteiger partial charge in [0.2, 0.25) is 5.91 Å². The molecule has 1 amide bonds. The zero-order valence-electron chi connectivity index (χ0n) is 12.1. The second-order valence-electron chi connectivity index (χ2n) is 5.32. The molecule has 0 unspecified atom stereocenters. The number of carbonyl (C=O) groups excluding carboxylic acids is 1. The molecule has 2 aromatic rings. The van der Waals surface area contributed by atoms with E-state index in [4.69, 9.17) is 4.74 Å². The molecular weight excluding hydrogens is 262 g/mol. The molecule has 1 aliphatic heterocycles. The third kappa shape index (κ3) is 2.92. The van der Waals surface area contributed by atoms with Crippen LogP contribution in [-0.2, 0) is 17.6 Å². The lowest BCUT2D eigenvalue weighted by molar-refractivity contribution is -0.121. The van der Waals surface area contributed by atoms with E-state index in [1.54, 1.807) is 0 Å². The summed E-state index contributed by atoms with van der Waals surface area (Å²) < 4.78 is 5.69. The third-order valence-corrected chi connectivity index (χ3v) is 3.91. The molecule has 3 nitrogen and oxygen atoms in total. The Kier molecular flexibility index (Phi) is 3.91. The zero-order valence-corrected chi connectivity index (χ0v) is 12.1. The summed E-state index contributed by atoms with van der Waals surface area (Å²) in [6, 6.07) is 15.8. The Morgan fingerprint density at radius 2 is 1.95 bits per heavy atom. The minimum absolute atomic E-state index is 0.0328. The second-order valence-corrected chi connectivity index (χ2v) is 5.32. The number of aryl methyl sites for hydroxylation is 1.